The first-order valence-electron chi connectivity index (χ1n) is 11.1. The van der Waals surface area contributed by atoms with Gasteiger partial charge in [0.25, 0.3) is 0 Å². The van der Waals surface area contributed by atoms with Crippen molar-refractivity contribution < 1.29 is 0 Å². The van der Waals surface area contributed by atoms with Crippen LogP contribution >= 0.6 is 47.0 Å². The van der Waals surface area contributed by atoms with Crippen LogP contribution in [0.15, 0.2) is 127 Å². The molecule has 0 aromatic heterocycles. The van der Waals surface area contributed by atoms with Gasteiger partial charge in [0.15, 0.2) is 0 Å². The molecule has 168 valence electrons. The molecule has 0 N–H and O–H groups in total. The molecule has 4 heteroatoms. The summed E-state index contributed by atoms with van der Waals surface area (Å²) in [6.45, 7) is 4.28. The molecule has 4 aromatic carbocycles. The zero-order chi connectivity index (χ0) is 23.3. The Kier molecular flexibility index (Phi) is 7.60. The van der Waals surface area contributed by atoms with Crippen molar-refractivity contribution >= 4 is 56.9 Å². The van der Waals surface area contributed by atoms with Crippen LogP contribution in [-0.4, -0.2) is 0 Å². The van der Waals surface area contributed by atoms with E-state index in [-0.39, 0.29) is 0 Å². The van der Waals surface area contributed by atoms with E-state index >= 15 is 0 Å². The summed E-state index contributed by atoms with van der Waals surface area (Å²) >= 11 is 7.52. The van der Waals surface area contributed by atoms with E-state index in [1.54, 1.807) is 0 Å². The number of rotatable bonds is 6. The Labute approximate surface area is 219 Å². The molecule has 0 radical (unpaired) electrons. The second kappa shape index (κ2) is 11.0. The number of aryl methyl sites for hydroxylation is 2. The SMILES string of the molecule is Cc1ccc(SC2=C(c3ccccc3)SC(Sc3ccc(C)cc3)=C(c3ccccc3)S2)cc1. The molecule has 0 fully saturated rings. The first kappa shape index (κ1) is 23.5. The zero-order valence-electron chi connectivity index (χ0n) is 19.0. The van der Waals surface area contributed by atoms with Gasteiger partial charge in [0.05, 0.1) is 8.47 Å². The minimum Gasteiger partial charge on any atom is -0.0815 e. The molecule has 34 heavy (non-hydrogen) atoms. The maximum Gasteiger partial charge on any atom is 0.0645 e. The lowest BCUT2D eigenvalue weighted by Gasteiger charge is -2.25. The van der Waals surface area contributed by atoms with E-state index in [2.05, 4.69) is 123 Å². The lowest BCUT2D eigenvalue weighted by atomic mass is 10.2. The Balaban J connectivity index is 1.58. The van der Waals surface area contributed by atoms with Crippen LogP contribution in [0.3, 0.4) is 0 Å². The number of thioether (sulfide) groups is 4. The van der Waals surface area contributed by atoms with E-state index in [0.29, 0.717) is 0 Å². The molecule has 0 amide bonds. The van der Waals surface area contributed by atoms with E-state index < -0.39 is 0 Å². The summed E-state index contributed by atoms with van der Waals surface area (Å²) in [4.78, 5) is 5.18. The van der Waals surface area contributed by atoms with Crippen LogP contribution in [0, 0.1) is 13.8 Å². The summed E-state index contributed by atoms with van der Waals surface area (Å²) in [5.74, 6) is 0. The number of hydrogen-bond donors (Lipinski definition) is 0. The molecule has 0 nitrogen and oxygen atoms in total. The van der Waals surface area contributed by atoms with Gasteiger partial charge in [-0.2, -0.15) is 0 Å². The van der Waals surface area contributed by atoms with Crippen molar-refractivity contribution in [3.8, 4) is 0 Å². The maximum absolute atomic E-state index is 2.23. The number of benzene rings is 4. The topological polar surface area (TPSA) is 0 Å². The Morgan fingerprint density at radius 2 is 0.794 bits per heavy atom. The highest BCUT2D eigenvalue weighted by Crippen LogP contribution is 2.60. The van der Waals surface area contributed by atoms with Crippen LogP contribution in [0.4, 0.5) is 0 Å². The van der Waals surface area contributed by atoms with Crippen molar-refractivity contribution in [3.05, 3.63) is 140 Å². The van der Waals surface area contributed by atoms with Gasteiger partial charge in [-0.05, 0) is 49.2 Å². The van der Waals surface area contributed by atoms with Gasteiger partial charge in [-0.3, -0.25) is 0 Å². The third kappa shape index (κ3) is 5.69. The van der Waals surface area contributed by atoms with Gasteiger partial charge in [0, 0.05) is 19.6 Å². The van der Waals surface area contributed by atoms with Crippen LogP contribution in [0.1, 0.15) is 22.3 Å². The fraction of sp³-hybridized carbons (Fsp3) is 0.0667. The van der Waals surface area contributed by atoms with E-state index in [9.17, 15) is 0 Å². The minimum absolute atomic E-state index is 1.27. The summed E-state index contributed by atoms with van der Waals surface area (Å²) in [5, 5.41) is 0. The molecule has 0 aliphatic carbocycles. The van der Waals surface area contributed by atoms with Crippen molar-refractivity contribution in [1.82, 2.24) is 0 Å². The third-order valence-electron chi connectivity index (χ3n) is 5.30. The average molecular weight is 513 g/mol. The van der Waals surface area contributed by atoms with Gasteiger partial charge in [-0.15, -0.1) is 0 Å². The second-order valence-electron chi connectivity index (χ2n) is 8.00. The normalized spacial score (nSPS) is 13.9. The third-order valence-corrected chi connectivity index (χ3v) is 10.7. The lowest BCUT2D eigenvalue weighted by molar-refractivity contribution is 1.38. The van der Waals surface area contributed by atoms with Gasteiger partial charge < -0.3 is 0 Å². The van der Waals surface area contributed by atoms with Crippen molar-refractivity contribution in [1.29, 1.82) is 0 Å². The summed E-state index contributed by atoms with van der Waals surface area (Å²) in [5.41, 5.74) is 5.11. The number of hydrogen-bond acceptors (Lipinski definition) is 4. The van der Waals surface area contributed by atoms with E-state index in [1.165, 1.54) is 50.3 Å². The highest BCUT2D eigenvalue weighted by molar-refractivity contribution is 8.34. The van der Waals surface area contributed by atoms with Gasteiger partial charge in [0.2, 0.25) is 0 Å². The van der Waals surface area contributed by atoms with E-state index in [1.807, 2.05) is 47.0 Å². The Hall–Kier alpha value is -2.24. The molecule has 0 saturated heterocycles. The Morgan fingerprint density at radius 1 is 0.441 bits per heavy atom. The van der Waals surface area contributed by atoms with Crippen molar-refractivity contribution in [2.75, 3.05) is 0 Å². The lowest BCUT2D eigenvalue weighted by Crippen LogP contribution is -1.94. The summed E-state index contributed by atoms with van der Waals surface area (Å²) < 4.78 is 2.65. The predicted molar refractivity (Wildman–Crippen MR) is 156 cm³/mol. The standard InChI is InChI=1S/C30H24S4/c1-21-13-17-25(18-14-21)31-29-27(23-9-5-3-6-10-23)34-30(32-26-19-15-22(2)16-20-26)28(33-29)24-11-7-4-8-12-24/h3-20H,1-2H3. The van der Waals surface area contributed by atoms with Crippen LogP contribution in [0.25, 0.3) is 9.81 Å². The summed E-state index contributed by atoms with van der Waals surface area (Å²) in [7, 11) is 0. The van der Waals surface area contributed by atoms with Gasteiger partial charge in [0.1, 0.15) is 0 Å². The van der Waals surface area contributed by atoms with Crippen LogP contribution in [0.5, 0.6) is 0 Å². The molecule has 0 saturated carbocycles. The molecule has 4 aromatic rings. The van der Waals surface area contributed by atoms with Crippen LogP contribution in [0.2, 0.25) is 0 Å². The first-order chi connectivity index (χ1) is 16.7. The Bertz CT molecular complexity index is 1210. The monoisotopic (exact) mass is 512 g/mol. The first-order valence-corrected chi connectivity index (χ1v) is 14.4. The maximum atomic E-state index is 2.23. The molecule has 1 heterocycles. The molecule has 1 aliphatic heterocycles. The van der Waals surface area contributed by atoms with Crippen LogP contribution in [-0.2, 0) is 0 Å². The van der Waals surface area contributed by atoms with Gasteiger partial charge >= 0.3 is 0 Å². The summed E-state index contributed by atoms with van der Waals surface area (Å²) in [6, 6.07) is 39.3. The molecule has 1 aliphatic rings. The molecule has 0 spiro atoms. The molecule has 0 atom stereocenters. The smallest absolute Gasteiger partial charge is 0.0645 e. The minimum atomic E-state index is 1.27. The quantitative estimate of drug-likeness (QED) is 0.252. The fourth-order valence-corrected chi connectivity index (χ4v) is 8.73. The molecule has 0 unspecified atom stereocenters. The van der Waals surface area contributed by atoms with Crippen molar-refractivity contribution in [3.63, 3.8) is 0 Å². The fourth-order valence-electron chi connectivity index (χ4n) is 3.46. The largest absolute Gasteiger partial charge is 0.0815 e. The molecule has 5 rings (SSSR count). The Morgan fingerprint density at radius 3 is 1.15 bits per heavy atom. The van der Waals surface area contributed by atoms with Crippen LogP contribution < -0.4 is 0 Å². The van der Waals surface area contributed by atoms with Crippen molar-refractivity contribution in [2.45, 2.75) is 23.6 Å². The van der Waals surface area contributed by atoms with Gasteiger partial charge in [-0.1, -0.05) is 143 Å². The molecular formula is C30H24S4. The second-order valence-corrected chi connectivity index (χ2v) is 12.7. The zero-order valence-corrected chi connectivity index (χ0v) is 22.3. The van der Waals surface area contributed by atoms with Crippen molar-refractivity contribution in [2.24, 2.45) is 0 Å². The highest BCUT2D eigenvalue weighted by Gasteiger charge is 2.26. The summed E-state index contributed by atoms with van der Waals surface area (Å²) in [6.07, 6.45) is 0. The van der Waals surface area contributed by atoms with E-state index in [4.69, 9.17) is 0 Å². The van der Waals surface area contributed by atoms with E-state index in [0.717, 1.165) is 0 Å². The average Bonchev–Trinajstić information content (AvgIpc) is 2.88. The molecular weight excluding hydrogens is 489 g/mol. The molecule has 0 bridgehead atoms. The highest BCUT2D eigenvalue weighted by atomic mass is 32.2. The van der Waals surface area contributed by atoms with Gasteiger partial charge in [-0.25, -0.2) is 0 Å². The predicted octanol–water partition coefficient (Wildman–Crippen LogP) is 10.3.